The molecule has 8 heteroatoms. The predicted molar refractivity (Wildman–Crippen MR) is 184 cm³/mol. The van der Waals surface area contributed by atoms with Gasteiger partial charge < -0.3 is 33.2 Å². The molecule has 3 saturated heterocycles. The van der Waals surface area contributed by atoms with E-state index in [0.29, 0.717) is 6.61 Å². The molecule has 4 fully saturated rings. The minimum absolute atomic E-state index is 0.0132. The molecule has 0 spiro atoms. The van der Waals surface area contributed by atoms with E-state index < -0.39 is 0 Å². The summed E-state index contributed by atoms with van der Waals surface area (Å²) in [5, 5.41) is 0. The van der Waals surface area contributed by atoms with E-state index in [1.807, 2.05) is 13.8 Å². The first-order valence-corrected chi connectivity index (χ1v) is 19.3. The maximum Gasteiger partial charge on any atom is 0.308 e. The highest BCUT2D eigenvalue weighted by Gasteiger charge is 2.45. The maximum absolute atomic E-state index is 11.7. The summed E-state index contributed by atoms with van der Waals surface area (Å²) in [7, 11) is 0. The average molecular weight is 663 g/mol. The summed E-state index contributed by atoms with van der Waals surface area (Å²) in [4.78, 5) is 11.7. The van der Waals surface area contributed by atoms with Gasteiger partial charge in [0.25, 0.3) is 0 Å². The minimum atomic E-state index is -0.150. The highest BCUT2D eigenvalue weighted by molar-refractivity contribution is 5.71. The Morgan fingerprint density at radius 3 is 2.06 bits per heavy atom. The Balaban J connectivity index is 1.45. The van der Waals surface area contributed by atoms with Crippen molar-refractivity contribution in [3.8, 4) is 0 Å². The van der Waals surface area contributed by atoms with Gasteiger partial charge in [-0.15, -0.1) is 0 Å². The second-order valence-electron chi connectivity index (χ2n) is 14.3. The number of rotatable bonds is 20. The third-order valence-electron chi connectivity index (χ3n) is 9.96. The highest BCUT2D eigenvalue weighted by Crippen LogP contribution is 2.42. The van der Waals surface area contributed by atoms with Crippen molar-refractivity contribution < 1.29 is 38.0 Å². The Kier molecular flexibility index (Phi) is 18.4. The van der Waals surface area contributed by atoms with Gasteiger partial charge in [-0.3, -0.25) is 4.79 Å². The summed E-state index contributed by atoms with van der Waals surface area (Å²) in [5.74, 6) is 0.247. The molecule has 47 heavy (non-hydrogen) atoms. The molecule has 270 valence electrons. The predicted octanol–water partition coefficient (Wildman–Crippen LogP) is 8.81. The van der Waals surface area contributed by atoms with Crippen molar-refractivity contribution in [2.75, 3.05) is 26.4 Å². The molecule has 3 unspecified atom stereocenters. The Bertz CT molecular complexity index is 887. The summed E-state index contributed by atoms with van der Waals surface area (Å²) < 4.78 is 43.6. The van der Waals surface area contributed by atoms with Gasteiger partial charge in [-0.25, -0.2) is 0 Å². The molecule has 0 bridgehead atoms. The van der Waals surface area contributed by atoms with Crippen molar-refractivity contribution in [2.24, 2.45) is 17.8 Å². The van der Waals surface area contributed by atoms with Crippen LogP contribution in [0.25, 0.3) is 0 Å². The molecule has 0 amide bonds. The molecule has 4 rings (SSSR count). The number of unbranched alkanes of at least 4 members (excludes halogenated alkanes) is 4. The zero-order valence-corrected chi connectivity index (χ0v) is 29.8. The topological polar surface area (TPSA) is 81.7 Å². The summed E-state index contributed by atoms with van der Waals surface area (Å²) in [5.41, 5.74) is 0. The second-order valence-corrected chi connectivity index (χ2v) is 14.3. The van der Waals surface area contributed by atoms with Gasteiger partial charge in [-0.05, 0) is 95.8 Å². The first-order valence-electron chi connectivity index (χ1n) is 19.3. The lowest BCUT2D eigenvalue weighted by molar-refractivity contribution is -0.203. The van der Waals surface area contributed by atoms with Crippen LogP contribution in [0.1, 0.15) is 136 Å². The summed E-state index contributed by atoms with van der Waals surface area (Å²) >= 11 is 0. The SMILES string of the molecule is CCCCC[C@@H](/C=C/[C@@H]1[C@@H](C/C=C\CCCCOC(=O)C(C)C)[C@@H](OC2CCCCO2)C[C@H]1OC1CCCCO1)OC1CCCCO1. The summed E-state index contributed by atoms with van der Waals surface area (Å²) in [6.07, 6.45) is 27.8. The van der Waals surface area contributed by atoms with Crippen molar-refractivity contribution in [3.63, 3.8) is 0 Å². The number of hydrogen-bond donors (Lipinski definition) is 0. The van der Waals surface area contributed by atoms with Gasteiger partial charge in [0.2, 0.25) is 0 Å². The van der Waals surface area contributed by atoms with E-state index in [0.717, 1.165) is 123 Å². The quantitative estimate of drug-likeness (QED) is 0.0727. The molecule has 8 atom stereocenters. The van der Waals surface area contributed by atoms with E-state index in [1.165, 1.54) is 12.8 Å². The van der Waals surface area contributed by atoms with Gasteiger partial charge in [0.15, 0.2) is 18.9 Å². The van der Waals surface area contributed by atoms with Crippen LogP contribution in [-0.4, -0.2) is 69.6 Å². The van der Waals surface area contributed by atoms with Crippen LogP contribution in [0.15, 0.2) is 24.3 Å². The lowest BCUT2D eigenvalue weighted by Crippen LogP contribution is -2.31. The zero-order chi connectivity index (χ0) is 33.1. The maximum atomic E-state index is 11.7. The molecule has 4 aliphatic rings. The Labute approximate surface area is 285 Å². The molecule has 0 radical (unpaired) electrons. The molecule has 8 nitrogen and oxygen atoms in total. The number of esters is 1. The van der Waals surface area contributed by atoms with Crippen LogP contribution in [-0.2, 0) is 38.0 Å². The van der Waals surface area contributed by atoms with Gasteiger partial charge in [0.05, 0.1) is 30.8 Å². The van der Waals surface area contributed by atoms with E-state index in [2.05, 4.69) is 31.2 Å². The second kappa shape index (κ2) is 22.4. The van der Waals surface area contributed by atoms with Gasteiger partial charge in [-0.2, -0.15) is 0 Å². The van der Waals surface area contributed by atoms with Crippen LogP contribution in [0.3, 0.4) is 0 Å². The molecule has 1 saturated carbocycles. The van der Waals surface area contributed by atoms with Crippen molar-refractivity contribution in [1.82, 2.24) is 0 Å². The number of carbonyl (C=O) groups excluding carboxylic acids is 1. The van der Waals surface area contributed by atoms with E-state index >= 15 is 0 Å². The standard InChI is InChI=1S/C39H66O8/c1-4-5-9-18-31(45-36-20-11-15-25-41-36)23-24-33-32(19-10-7-6-8-14-28-44-39(40)30(2)3)34(46-37-21-12-16-26-42-37)29-35(33)47-38-22-13-17-27-43-38/h7,10,23-24,30-38H,4-6,8-9,11-22,25-29H2,1-3H3/b10-7-,24-23+/t31-,32+,33+,34-,35+,36?,37?,38?/m0/s1. The number of allylic oxidation sites excluding steroid dienone is 2. The van der Waals surface area contributed by atoms with Crippen LogP contribution in [0, 0.1) is 17.8 Å². The van der Waals surface area contributed by atoms with Crippen LogP contribution in [0.5, 0.6) is 0 Å². The average Bonchev–Trinajstić information content (AvgIpc) is 3.40. The minimum Gasteiger partial charge on any atom is -0.465 e. The molecule has 3 aliphatic heterocycles. The lowest BCUT2D eigenvalue weighted by atomic mass is 9.89. The van der Waals surface area contributed by atoms with Gasteiger partial charge in [0.1, 0.15) is 0 Å². The van der Waals surface area contributed by atoms with Crippen LogP contribution >= 0.6 is 0 Å². The van der Waals surface area contributed by atoms with E-state index in [-0.39, 0.29) is 60.9 Å². The monoisotopic (exact) mass is 662 g/mol. The Morgan fingerprint density at radius 1 is 0.787 bits per heavy atom. The number of ether oxygens (including phenoxy) is 7. The largest absolute Gasteiger partial charge is 0.465 e. The van der Waals surface area contributed by atoms with E-state index in [9.17, 15) is 4.79 Å². The number of carbonyl (C=O) groups is 1. The first-order chi connectivity index (χ1) is 23.0. The molecule has 0 N–H and O–H groups in total. The van der Waals surface area contributed by atoms with Gasteiger partial charge >= 0.3 is 5.97 Å². The normalized spacial score (nSPS) is 31.2. The Hall–Kier alpha value is -1.29. The molecular weight excluding hydrogens is 596 g/mol. The summed E-state index contributed by atoms with van der Waals surface area (Å²) in [6.45, 7) is 8.81. The smallest absolute Gasteiger partial charge is 0.308 e. The van der Waals surface area contributed by atoms with Crippen molar-refractivity contribution in [3.05, 3.63) is 24.3 Å². The molecule has 3 heterocycles. The Morgan fingerprint density at radius 2 is 1.45 bits per heavy atom. The summed E-state index contributed by atoms with van der Waals surface area (Å²) in [6, 6.07) is 0. The van der Waals surface area contributed by atoms with Crippen molar-refractivity contribution in [2.45, 2.75) is 174 Å². The van der Waals surface area contributed by atoms with Gasteiger partial charge in [-0.1, -0.05) is 64.3 Å². The van der Waals surface area contributed by atoms with Crippen LogP contribution in [0.4, 0.5) is 0 Å². The van der Waals surface area contributed by atoms with Crippen LogP contribution in [0.2, 0.25) is 0 Å². The molecule has 0 aromatic rings. The molecule has 1 aliphatic carbocycles. The molecule has 0 aromatic carbocycles. The fourth-order valence-corrected chi connectivity index (χ4v) is 7.14. The van der Waals surface area contributed by atoms with E-state index in [1.54, 1.807) is 0 Å². The zero-order valence-electron chi connectivity index (χ0n) is 29.8. The lowest BCUT2D eigenvalue weighted by Gasteiger charge is -2.30. The molecular formula is C39H66O8. The third kappa shape index (κ3) is 14.2. The third-order valence-corrected chi connectivity index (χ3v) is 9.96. The highest BCUT2D eigenvalue weighted by atomic mass is 16.7. The number of hydrogen-bond acceptors (Lipinski definition) is 8. The fraction of sp³-hybridized carbons (Fsp3) is 0.872. The van der Waals surface area contributed by atoms with Crippen molar-refractivity contribution in [1.29, 1.82) is 0 Å². The first kappa shape index (κ1) is 38.5. The van der Waals surface area contributed by atoms with Crippen molar-refractivity contribution >= 4 is 5.97 Å². The van der Waals surface area contributed by atoms with E-state index in [4.69, 9.17) is 33.2 Å². The van der Waals surface area contributed by atoms with Crippen LogP contribution < -0.4 is 0 Å². The fourth-order valence-electron chi connectivity index (χ4n) is 7.14. The molecule has 0 aromatic heterocycles. The van der Waals surface area contributed by atoms with Gasteiger partial charge in [0, 0.05) is 32.2 Å².